The molecule has 0 saturated carbocycles. The minimum absolute atomic E-state index is 1.09. The minimum Gasteiger partial charge on any atom is -0.385 e. The van der Waals surface area contributed by atoms with Crippen molar-refractivity contribution in [1.29, 1.82) is 0 Å². The number of nitrogens with one attached hydrogen (secondary N) is 1. The summed E-state index contributed by atoms with van der Waals surface area (Å²) >= 11 is 0. The molecule has 0 radical (unpaired) electrons. The van der Waals surface area contributed by atoms with Gasteiger partial charge in [-0.15, -0.1) is 0 Å². The van der Waals surface area contributed by atoms with E-state index < -0.39 is 0 Å². The van der Waals surface area contributed by atoms with E-state index in [4.69, 9.17) is 0 Å². The number of aryl methyl sites for hydroxylation is 1. The smallest absolute Gasteiger partial charge is 0.0374 e. The third kappa shape index (κ3) is 1.74. The second kappa shape index (κ2) is 3.65. The summed E-state index contributed by atoms with van der Waals surface area (Å²) in [5.74, 6) is 0. The van der Waals surface area contributed by atoms with Crippen LogP contribution >= 0.6 is 0 Å². The van der Waals surface area contributed by atoms with Gasteiger partial charge in [-0.05, 0) is 30.0 Å². The van der Waals surface area contributed by atoms with Crippen LogP contribution in [0.5, 0.6) is 0 Å². The number of benzene rings is 1. The summed E-state index contributed by atoms with van der Waals surface area (Å²) in [5, 5.41) is 3.39. The number of rotatable bonds is 2. The first kappa shape index (κ1) is 8.36. The van der Waals surface area contributed by atoms with Crippen molar-refractivity contribution in [2.75, 3.05) is 6.54 Å². The van der Waals surface area contributed by atoms with Crippen LogP contribution in [0.4, 0.5) is 0 Å². The zero-order chi connectivity index (χ0) is 9.10. The van der Waals surface area contributed by atoms with E-state index in [1.54, 1.807) is 0 Å². The van der Waals surface area contributed by atoms with Gasteiger partial charge in [-0.25, -0.2) is 0 Å². The summed E-state index contributed by atoms with van der Waals surface area (Å²) in [6, 6.07) is 8.75. The molecule has 0 saturated heterocycles. The molecule has 1 nitrogen and oxygen atoms in total. The quantitative estimate of drug-likeness (QED) is 0.724. The Balaban J connectivity index is 2.29. The maximum Gasteiger partial charge on any atom is 0.0374 e. The van der Waals surface area contributed by atoms with Gasteiger partial charge in [0.25, 0.3) is 0 Å². The molecule has 0 fully saturated rings. The van der Waals surface area contributed by atoms with E-state index in [0.29, 0.717) is 0 Å². The lowest BCUT2D eigenvalue weighted by molar-refractivity contribution is 0.927. The lowest BCUT2D eigenvalue weighted by Crippen LogP contribution is -2.06. The SMILES string of the molecule is CCc1cccc(C2=CCCN2)c1. The summed E-state index contributed by atoms with van der Waals surface area (Å²) in [6.07, 6.45) is 4.54. The molecule has 68 valence electrons. The van der Waals surface area contributed by atoms with Crippen LogP contribution in [0, 0.1) is 0 Å². The molecule has 0 unspecified atom stereocenters. The van der Waals surface area contributed by atoms with Crippen LogP contribution in [-0.4, -0.2) is 6.54 Å². The van der Waals surface area contributed by atoms with E-state index in [9.17, 15) is 0 Å². The molecular formula is C12H15N. The van der Waals surface area contributed by atoms with Gasteiger partial charge in [-0.3, -0.25) is 0 Å². The van der Waals surface area contributed by atoms with Crippen LogP contribution in [0.15, 0.2) is 30.3 Å². The highest BCUT2D eigenvalue weighted by molar-refractivity contribution is 5.65. The lowest BCUT2D eigenvalue weighted by Gasteiger charge is -2.05. The third-order valence-electron chi connectivity index (χ3n) is 2.45. The van der Waals surface area contributed by atoms with Gasteiger partial charge < -0.3 is 5.32 Å². The largest absolute Gasteiger partial charge is 0.385 e. The van der Waals surface area contributed by atoms with Crippen LogP contribution in [0.1, 0.15) is 24.5 Å². The van der Waals surface area contributed by atoms with Crippen molar-refractivity contribution in [3.05, 3.63) is 41.5 Å². The Bertz CT molecular complexity index is 326. The predicted octanol–water partition coefficient (Wildman–Crippen LogP) is 2.58. The van der Waals surface area contributed by atoms with E-state index in [0.717, 1.165) is 19.4 Å². The van der Waals surface area contributed by atoms with Gasteiger partial charge in [0.1, 0.15) is 0 Å². The summed E-state index contributed by atoms with van der Waals surface area (Å²) in [4.78, 5) is 0. The average Bonchev–Trinajstić information content (AvgIpc) is 2.71. The molecule has 1 aliphatic heterocycles. The molecule has 1 heterocycles. The van der Waals surface area contributed by atoms with Crippen LogP contribution < -0.4 is 5.32 Å². The highest BCUT2D eigenvalue weighted by atomic mass is 14.9. The molecule has 1 aromatic rings. The second-order valence-electron chi connectivity index (χ2n) is 3.39. The summed E-state index contributed by atoms with van der Waals surface area (Å²) in [7, 11) is 0. The first-order valence-electron chi connectivity index (χ1n) is 4.93. The third-order valence-corrected chi connectivity index (χ3v) is 2.45. The molecule has 13 heavy (non-hydrogen) atoms. The van der Waals surface area contributed by atoms with Crippen LogP contribution in [-0.2, 0) is 6.42 Å². The van der Waals surface area contributed by atoms with Gasteiger partial charge in [0, 0.05) is 12.2 Å². The molecule has 0 spiro atoms. The molecule has 1 aliphatic rings. The van der Waals surface area contributed by atoms with Gasteiger partial charge in [0.2, 0.25) is 0 Å². The Kier molecular flexibility index (Phi) is 2.35. The first-order valence-corrected chi connectivity index (χ1v) is 4.93. The van der Waals surface area contributed by atoms with E-state index >= 15 is 0 Å². The standard InChI is InChI=1S/C12H15N/c1-2-10-5-3-6-11(9-10)12-7-4-8-13-12/h3,5-7,9,13H,2,4,8H2,1H3. The predicted molar refractivity (Wildman–Crippen MR) is 56.4 cm³/mol. The normalized spacial score (nSPS) is 15.3. The van der Waals surface area contributed by atoms with Crippen molar-refractivity contribution in [3.63, 3.8) is 0 Å². The Morgan fingerprint density at radius 2 is 2.31 bits per heavy atom. The average molecular weight is 173 g/mol. The Labute approximate surface area is 79.5 Å². The number of hydrogen-bond donors (Lipinski definition) is 1. The van der Waals surface area contributed by atoms with Crippen LogP contribution in [0.2, 0.25) is 0 Å². The fourth-order valence-corrected chi connectivity index (χ4v) is 1.67. The Morgan fingerprint density at radius 3 is 3.00 bits per heavy atom. The van der Waals surface area contributed by atoms with Crippen LogP contribution in [0.3, 0.4) is 0 Å². The number of hydrogen-bond acceptors (Lipinski definition) is 1. The highest BCUT2D eigenvalue weighted by Crippen LogP contribution is 2.17. The molecule has 1 aromatic carbocycles. The molecule has 0 amide bonds. The van der Waals surface area contributed by atoms with Gasteiger partial charge in [0.15, 0.2) is 0 Å². The minimum atomic E-state index is 1.09. The van der Waals surface area contributed by atoms with E-state index in [2.05, 4.69) is 42.6 Å². The topological polar surface area (TPSA) is 12.0 Å². The van der Waals surface area contributed by atoms with Crippen LogP contribution in [0.25, 0.3) is 5.70 Å². The maximum atomic E-state index is 3.39. The molecule has 2 rings (SSSR count). The zero-order valence-corrected chi connectivity index (χ0v) is 8.01. The molecular weight excluding hydrogens is 158 g/mol. The van der Waals surface area contributed by atoms with Crippen molar-refractivity contribution in [2.45, 2.75) is 19.8 Å². The molecule has 0 aliphatic carbocycles. The fourth-order valence-electron chi connectivity index (χ4n) is 1.67. The summed E-state index contributed by atoms with van der Waals surface area (Å²) in [6.45, 7) is 3.28. The van der Waals surface area contributed by atoms with Crippen molar-refractivity contribution < 1.29 is 0 Å². The van der Waals surface area contributed by atoms with Crippen molar-refractivity contribution in [3.8, 4) is 0 Å². The monoisotopic (exact) mass is 173 g/mol. The van der Waals surface area contributed by atoms with Crippen molar-refractivity contribution in [2.24, 2.45) is 0 Å². The summed E-state index contributed by atoms with van der Waals surface area (Å²) < 4.78 is 0. The summed E-state index contributed by atoms with van der Waals surface area (Å²) in [5.41, 5.74) is 4.04. The molecule has 0 atom stereocenters. The van der Waals surface area contributed by atoms with Gasteiger partial charge in [0.05, 0.1) is 0 Å². The lowest BCUT2D eigenvalue weighted by atomic mass is 10.1. The van der Waals surface area contributed by atoms with Crippen molar-refractivity contribution >= 4 is 5.70 Å². The Hall–Kier alpha value is -1.24. The van der Waals surface area contributed by atoms with E-state index in [1.807, 2.05) is 0 Å². The van der Waals surface area contributed by atoms with Gasteiger partial charge in [-0.2, -0.15) is 0 Å². The first-order chi connectivity index (χ1) is 6.40. The van der Waals surface area contributed by atoms with Crippen molar-refractivity contribution in [1.82, 2.24) is 5.32 Å². The Morgan fingerprint density at radius 1 is 1.38 bits per heavy atom. The second-order valence-corrected chi connectivity index (χ2v) is 3.39. The molecule has 0 aromatic heterocycles. The zero-order valence-electron chi connectivity index (χ0n) is 8.01. The highest BCUT2D eigenvalue weighted by Gasteiger charge is 2.05. The molecule has 0 bridgehead atoms. The molecule has 1 N–H and O–H groups in total. The molecule has 1 heteroatoms. The maximum absolute atomic E-state index is 3.39. The van der Waals surface area contributed by atoms with E-state index in [-0.39, 0.29) is 0 Å². The van der Waals surface area contributed by atoms with Gasteiger partial charge >= 0.3 is 0 Å². The van der Waals surface area contributed by atoms with Gasteiger partial charge in [-0.1, -0.05) is 31.2 Å². The van der Waals surface area contributed by atoms with E-state index in [1.165, 1.54) is 16.8 Å². The fraction of sp³-hybridized carbons (Fsp3) is 0.333.